The van der Waals surface area contributed by atoms with Crippen molar-refractivity contribution in [1.82, 2.24) is 29.4 Å². The molecule has 0 unspecified atom stereocenters. The van der Waals surface area contributed by atoms with Crippen LogP contribution in [-0.4, -0.2) is 29.4 Å². The predicted molar refractivity (Wildman–Crippen MR) is 58.0 cm³/mol. The van der Waals surface area contributed by atoms with Gasteiger partial charge in [0.2, 0.25) is 0 Å². The number of hydrogen-bond donors (Lipinski definition) is 0. The maximum absolute atomic E-state index is 6.05. The highest BCUT2D eigenvalue weighted by Gasteiger charge is 2.11. The lowest BCUT2D eigenvalue weighted by Crippen LogP contribution is -1.91. The van der Waals surface area contributed by atoms with Crippen molar-refractivity contribution >= 4 is 17.2 Å². The van der Waals surface area contributed by atoms with E-state index in [0.29, 0.717) is 16.6 Å². The van der Waals surface area contributed by atoms with E-state index in [1.807, 2.05) is 13.2 Å². The smallest absolute Gasteiger partial charge is 0.180 e. The van der Waals surface area contributed by atoms with Gasteiger partial charge in [0.15, 0.2) is 11.5 Å². The molecular formula is C9H7ClN6. The molecule has 3 aromatic rings. The van der Waals surface area contributed by atoms with Gasteiger partial charge in [-0.15, -0.1) is 10.2 Å². The lowest BCUT2D eigenvalue weighted by atomic mass is 10.3. The molecule has 0 bridgehead atoms. The molecule has 7 heteroatoms. The fraction of sp³-hybridized carbons (Fsp3) is 0.111. The average molecular weight is 235 g/mol. The van der Waals surface area contributed by atoms with Crippen LogP contribution in [-0.2, 0) is 7.05 Å². The molecule has 0 fully saturated rings. The zero-order chi connectivity index (χ0) is 11.1. The molecule has 0 atom stereocenters. The Morgan fingerprint density at radius 3 is 2.81 bits per heavy atom. The molecule has 0 N–H and O–H groups in total. The topological polar surface area (TPSA) is 60.9 Å². The summed E-state index contributed by atoms with van der Waals surface area (Å²) in [5.74, 6) is 0.663. The molecule has 0 aliphatic heterocycles. The Kier molecular flexibility index (Phi) is 1.90. The van der Waals surface area contributed by atoms with Crippen LogP contribution in [0.2, 0.25) is 5.15 Å². The minimum atomic E-state index is 0.473. The molecule has 80 valence electrons. The highest BCUT2D eigenvalue weighted by molar-refractivity contribution is 6.29. The Morgan fingerprint density at radius 2 is 2.06 bits per heavy atom. The van der Waals surface area contributed by atoms with Gasteiger partial charge in [-0.2, -0.15) is 5.10 Å². The summed E-state index contributed by atoms with van der Waals surface area (Å²) in [7, 11) is 1.84. The number of aryl methyl sites for hydroxylation is 1. The Morgan fingerprint density at radius 1 is 1.19 bits per heavy atom. The van der Waals surface area contributed by atoms with Crippen LogP contribution < -0.4 is 0 Å². The van der Waals surface area contributed by atoms with Crippen molar-refractivity contribution in [3.63, 3.8) is 0 Å². The fourth-order valence-corrected chi connectivity index (χ4v) is 1.76. The minimum absolute atomic E-state index is 0.473. The zero-order valence-corrected chi connectivity index (χ0v) is 9.13. The quantitative estimate of drug-likeness (QED) is 0.634. The van der Waals surface area contributed by atoms with E-state index in [1.165, 1.54) is 0 Å². The number of halogens is 1. The number of fused-ring (bicyclic) bond motifs is 1. The number of aromatic nitrogens is 6. The van der Waals surface area contributed by atoms with E-state index >= 15 is 0 Å². The Balaban J connectivity index is 2.32. The molecule has 16 heavy (non-hydrogen) atoms. The summed E-state index contributed by atoms with van der Waals surface area (Å²) in [6, 6.07) is 0. The Bertz CT molecular complexity index is 655. The molecule has 3 aromatic heterocycles. The van der Waals surface area contributed by atoms with Gasteiger partial charge in [0.05, 0.1) is 24.2 Å². The zero-order valence-electron chi connectivity index (χ0n) is 8.37. The number of rotatable bonds is 1. The van der Waals surface area contributed by atoms with Gasteiger partial charge in [0, 0.05) is 13.2 Å². The summed E-state index contributed by atoms with van der Waals surface area (Å²) >= 11 is 6.05. The van der Waals surface area contributed by atoms with E-state index in [-0.39, 0.29) is 0 Å². The van der Waals surface area contributed by atoms with Gasteiger partial charge in [0.25, 0.3) is 0 Å². The highest BCUT2D eigenvalue weighted by Crippen LogP contribution is 2.20. The van der Waals surface area contributed by atoms with Crippen molar-refractivity contribution in [1.29, 1.82) is 0 Å². The molecule has 0 aromatic carbocycles. The second kappa shape index (κ2) is 3.28. The third-order valence-corrected chi connectivity index (χ3v) is 2.50. The molecule has 3 rings (SSSR count). The molecule has 6 nitrogen and oxygen atoms in total. The van der Waals surface area contributed by atoms with E-state index in [0.717, 1.165) is 5.56 Å². The van der Waals surface area contributed by atoms with Gasteiger partial charge in [-0.3, -0.25) is 14.1 Å². The number of hydrogen-bond acceptors (Lipinski definition) is 4. The first-order chi connectivity index (χ1) is 7.75. The van der Waals surface area contributed by atoms with E-state index in [2.05, 4.69) is 20.3 Å². The van der Waals surface area contributed by atoms with Gasteiger partial charge >= 0.3 is 0 Å². The molecule has 0 saturated carbocycles. The standard InChI is InChI=1S/C9H7ClN6/c1-15-5-6(2-12-15)9-14-13-8-4-11-3-7(10)16(8)9/h2-5H,1H3. The van der Waals surface area contributed by atoms with E-state index in [4.69, 9.17) is 11.6 Å². The minimum Gasteiger partial charge on any atom is -0.275 e. The van der Waals surface area contributed by atoms with Crippen molar-refractivity contribution in [2.45, 2.75) is 0 Å². The van der Waals surface area contributed by atoms with Crippen LogP contribution >= 0.6 is 11.6 Å². The molecule has 0 radical (unpaired) electrons. The lowest BCUT2D eigenvalue weighted by Gasteiger charge is -1.98. The van der Waals surface area contributed by atoms with Crippen molar-refractivity contribution < 1.29 is 0 Å². The average Bonchev–Trinajstić information content (AvgIpc) is 2.84. The Hall–Kier alpha value is -1.95. The summed E-state index contributed by atoms with van der Waals surface area (Å²) in [5, 5.41) is 12.6. The molecule has 0 aliphatic rings. The normalized spacial score (nSPS) is 11.1. The predicted octanol–water partition coefficient (Wildman–Crippen LogP) is 1.18. The summed E-state index contributed by atoms with van der Waals surface area (Å²) in [6.07, 6.45) is 6.73. The van der Waals surface area contributed by atoms with Gasteiger partial charge in [-0.05, 0) is 0 Å². The maximum atomic E-state index is 6.05. The largest absolute Gasteiger partial charge is 0.275 e. The second-order valence-electron chi connectivity index (χ2n) is 3.35. The molecule has 0 aliphatic carbocycles. The van der Waals surface area contributed by atoms with Crippen molar-refractivity contribution in [2.24, 2.45) is 7.05 Å². The van der Waals surface area contributed by atoms with Crippen molar-refractivity contribution in [2.75, 3.05) is 0 Å². The third kappa shape index (κ3) is 1.27. The SMILES string of the molecule is Cn1cc(-c2nnc3cncc(Cl)n23)cn1. The lowest BCUT2D eigenvalue weighted by molar-refractivity contribution is 0.768. The van der Waals surface area contributed by atoms with Crippen LogP contribution in [0.15, 0.2) is 24.8 Å². The molecule has 0 amide bonds. The van der Waals surface area contributed by atoms with E-state index < -0.39 is 0 Å². The highest BCUT2D eigenvalue weighted by atomic mass is 35.5. The summed E-state index contributed by atoms with van der Waals surface area (Å²) in [4.78, 5) is 3.95. The van der Waals surface area contributed by atoms with Crippen LogP contribution in [0.1, 0.15) is 0 Å². The van der Waals surface area contributed by atoms with Crippen molar-refractivity contribution in [3.8, 4) is 11.4 Å². The van der Waals surface area contributed by atoms with Crippen molar-refractivity contribution in [3.05, 3.63) is 29.9 Å². The molecule has 0 spiro atoms. The first-order valence-electron chi connectivity index (χ1n) is 4.59. The van der Waals surface area contributed by atoms with E-state index in [1.54, 1.807) is 27.7 Å². The molecular weight excluding hydrogens is 228 g/mol. The van der Waals surface area contributed by atoms with Gasteiger partial charge in [0.1, 0.15) is 5.15 Å². The van der Waals surface area contributed by atoms with Crippen LogP contribution in [0.5, 0.6) is 0 Å². The van der Waals surface area contributed by atoms with Crippen LogP contribution in [0.4, 0.5) is 0 Å². The summed E-state index contributed by atoms with van der Waals surface area (Å²) in [5.41, 5.74) is 1.48. The third-order valence-electron chi connectivity index (χ3n) is 2.24. The van der Waals surface area contributed by atoms with Crippen LogP contribution in [0.3, 0.4) is 0 Å². The first kappa shape index (κ1) is 9.29. The van der Waals surface area contributed by atoms with E-state index in [9.17, 15) is 0 Å². The molecule has 0 saturated heterocycles. The van der Waals surface area contributed by atoms with Gasteiger partial charge in [-0.25, -0.2) is 0 Å². The molecule has 3 heterocycles. The summed E-state index contributed by atoms with van der Waals surface area (Å²) < 4.78 is 3.43. The first-order valence-corrected chi connectivity index (χ1v) is 4.97. The number of nitrogens with zero attached hydrogens (tertiary/aromatic N) is 6. The fourth-order valence-electron chi connectivity index (χ4n) is 1.54. The Labute approximate surface area is 95.5 Å². The van der Waals surface area contributed by atoms with Gasteiger partial charge < -0.3 is 0 Å². The monoisotopic (exact) mass is 234 g/mol. The van der Waals surface area contributed by atoms with Crippen LogP contribution in [0, 0.1) is 0 Å². The maximum Gasteiger partial charge on any atom is 0.180 e. The summed E-state index contributed by atoms with van der Waals surface area (Å²) in [6.45, 7) is 0. The van der Waals surface area contributed by atoms with Crippen LogP contribution in [0.25, 0.3) is 17.0 Å². The second-order valence-corrected chi connectivity index (χ2v) is 3.74. The van der Waals surface area contributed by atoms with Gasteiger partial charge in [-0.1, -0.05) is 11.6 Å².